The van der Waals surface area contributed by atoms with E-state index in [0.29, 0.717) is 16.7 Å². The van der Waals surface area contributed by atoms with Crippen molar-refractivity contribution < 1.29 is 9.47 Å². The fraction of sp³-hybridized carbons (Fsp3) is 0.176. The highest BCUT2D eigenvalue weighted by atomic mass is 35.5. The molecule has 4 aromatic heterocycles. The van der Waals surface area contributed by atoms with E-state index in [1.165, 1.54) is 0 Å². The third kappa shape index (κ3) is 2.11. The van der Waals surface area contributed by atoms with Crippen LogP contribution in [0.1, 0.15) is 0 Å². The number of aromatic amines is 1. The van der Waals surface area contributed by atoms with E-state index >= 15 is 0 Å². The molecule has 0 spiro atoms. The number of halogens is 1. The molecule has 0 atom stereocenters. The van der Waals surface area contributed by atoms with E-state index in [0.717, 1.165) is 33.3 Å². The van der Waals surface area contributed by atoms with Crippen molar-refractivity contribution in [3.8, 4) is 22.9 Å². The second-order valence-electron chi connectivity index (χ2n) is 5.46. The van der Waals surface area contributed by atoms with Crippen molar-refractivity contribution >= 4 is 33.7 Å². The number of rotatable bonds is 3. The normalized spacial score (nSPS) is 11.3. The molecule has 4 rings (SSSR count). The molecule has 0 fully saturated rings. The molecule has 6 nitrogen and oxygen atoms in total. The third-order valence-electron chi connectivity index (χ3n) is 4.07. The average molecular weight is 343 g/mol. The van der Waals surface area contributed by atoms with Crippen molar-refractivity contribution in [3.05, 3.63) is 35.6 Å². The van der Waals surface area contributed by atoms with Gasteiger partial charge in [-0.05, 0) is 12.1 Å². The minimum atomic E-state index is 0.449. The number of fused-ring (bicyclic) bond motifs is 2. The van der Waals surface area contributed by atoms with Gasteiger partial charge in [0.1, 0.15) is 11.2 Å². The smallest absolute Gasteiger partial charge is 0.257 e. The quantitative estimate of drug-likeness (QED) is 0.615. The molecule has 0 aliphatic carbocycles. The van der Waals surface area contributed by atoms with Gasteiger partial charge in [-0.15, -0.1) is 0 Å². The Balaban J connectivity index is 2.00. The Morgan fingerprint density at radius 2 is 2.04 bits per heavy atom. The Morgan fingerprint density at radius 3 is 2.75 bits per heavy atom. The van der Waals surface area contributed by atoms with Gasteiger partial charge in [0.2, 0.25) is 0 Å². The van der Waals surface area contributed by atoms with Crippen LogP contribution in [0.4, 0.5) is 0 Å². The van der Waals surface area contributed by atoms with Crippen LogP contribution in [-0.2, 0) is 7.05 Å². The molecule has 0 unspecified atom stereocenters. The van der Waals surface area contributed by atoms with Crippen molar-refractivity contribution in [3.63, 3.8) is 0 Å². The van der Waals surface area contributed by atoms with E-state index in [4.69, 9.17) is 21.1 Å². The summed E-state index contributed by atoms with van der Waals surface area (Å²) in [6, 6.07) is 5.67. The first kappa shape index (κ1) is 14.8. The molecular formula is C17H15ClN4O2. The number of ether oxygens (including phenoxy) is 2. The number of aryl methyl sites for hydroxylation is 1. The highest BCUT2D eigenvalue weighted by Gasteiger charge is 2.17. The Labute approximate surface area is 143 Å². The van der Waals surface area contributed by atoms with Crippen LogP contribution in [0.25, 0.3) is 33.3 Å². The Morgan fingerprint density at radius 1 is 1.21 bits per heavy atom. The molecule has 1 N–H and O–H groups in total. The topological polar surface area (TPSA) is 65.0 Å². The van der Waals surface area contributed by atoms with Crippen LogP contribution in [0.2, 0.25) is 5.02 Å². The van der Waals surface area contributed by atoms with E-state index in [2.05, 4.69) is 15.0 Å². The van der Waals surface area contributed by atoms with Gasteiger partial charge in [0.05, 0.1) is 30.5 Å². The molecule has 24 heavy (non-hydrogen) atoms. The van der Waals surface area contributed by atoms with E-state index in [1.807, 2.05) is 29.9 Å². The molecule has 4 aromatic rings. The van der Waals surface area contributed by atoms with Gasteiger partial charge in [-0.1, -0.05) is 11.6 Å². The highest BCUT2D eigenvalue weighted by Crippen LogP contribution is 2.36. The van der Waals surface area contributed by atoms with Gasteiger partial charge in [-0.2, -0.15) is 0 Å². The van der Waals surface area contributed by atoms with Crippen LogP contribution in [-0.4, -0.2) is 33.7 Å². The van der Waals surface area contributed by atoms with Gasteiger partial charge < -0.3 is 19.0 Å². The Hall–Kier alpha value is -2.73. The molecule has 0 saturated carbocycles. The largest absolute Gasteiger partial charge is 0.491 e. The molecular weight excluding hydrogens is 328 g/mol. The SMILES string of the molecule is COc1cc2c(nc1OC)c(-c1cc3c(Cl)ccnc3[nH]1)cn2C. The van der Waals surface area contributed by atoms with Crippen LogP contribution in [0.5, 0.6) is 11.6 Å². The van der Waals surface area contributed by atoms with E-state index < -0.39 is 0 Å². The van der Waals surface area contributed by atoms with Crippen molar-refractivity contribution in [2.75, 3.05) is 14.2 Å². The minimum absolute atomic E-state index is 0.449. The minimum Gasteiger partial charge on any atom is -0.491 e. The van der Waals surface area contributed by atoms with Crippen LogP contribution in [0.15, 0.2) is 30.6 Å². The second-order valence-corrected chi connectivity index (χ2v) is 5.87. The summed E-state index contributed by atoms with van der Waals surface area (Å²) in [6.45, 7) is 0. The number of nitrogens with one attached hydrogen (secondary N) is 1. The summed E-state index contributed by atoms with van der Waals surface area (Å²) in [7, 11) is 5.14. The monoisotopic (exact) mass is 342 g/mol. The molecule has 0 saturated heterocycles. The lowest BCUT2D eigenvalue weighted by atomic mass is 10.2. The molecule has 7 heteroatoms. The lowest BCUT2D eigenvalue weighted by Gasteiger charge is -2.07. The summed E-state index contributed by atoms with van der Waals surface area (Å²) in [5.74, 6) is 1.05. The van der Waals surface area contributed by atoms with Gasteiger partial charge in [-0.25, -0.2) is 9.97 Å². The van der Waals surface area contributed by atoms with Gasteiger partial charge in [0.25, 0.3) is 5.88 Å². The van der Waals surface area contributed by atoms with Gasteiger partial charge >= 0.3 is 0 Å². The predicted octanol–water partition coefficient (Wildman–Crippen LogP) is 3.79. The fourth-order valence-electron chi connectivity index (χ4n) is 2.89. The maximum Gasteiger partial charge on any atom is 0.257 e. The number of H-pyrrole nitrogens is 1. The summed E-state index contributed by atoms with van der Waals surface area (Å²) < 4.78 is 12.7. The average Bonchev–Trinajstić information content (AvgIpc) is 3.16. The van der Waals surface area contributed by atoms with Gasteiger partial charge in [0, 0.05) is 36.5 Å². The number of methoxy groups -OCH3 is 2. The van der Waals surface area contributed by atoms with Gasteiger partial charge in [-0.3, -0.25) is 0 Å². The molecule has 0 amide bonds. The Bertz CT molecular complexity index is 1070. The van der Waals surface area contributed by atoms with E-state index in [-0.39, 0.29) is 0 Å². The number of hydrogen-bond acceptors (Lipinski definition) is 4. The highest BCUT2D eigenvalue weighted by molar-refractivity contribution is 6.35. The molecule has 0 bridgehead atoms. The zero-order valence-electron chi connectivity index (χ0n) is 13.4. The molecule has 0 radical (unpaired) electrons. The number of pyridine rings is 2. The van der Waals surface area contributed by atoms with E-state index in [1.54, 1.807) is 26.5 Å². The van der Waals surface area contributed by atoms with Crippen LogP contribution in [0, 0.1) is 0 Å². The zero-order chi connectivity index (χ0) is 16.8. The van der Waals surface area contributed by atoms with Crippen LogP contribution < -0.4 is 9.47 Å². The predicted molar refractivity (Wildman–Crippen MR) is 93.9 cm³/mol. The lowest BCUT2D eigenvalue weighted by Crippen LogP contribution is -1.95. The molecule has 122 valence electrons. The standard InChI is InChI=1S/C17H15ClN4O2/c1-22-8-10(12-6-9-11(18)4-5-19-16(9)20-12)15-13(22)7-14(23-2)17(21-15)24-3/h4-8H,1-3H3,(H,19,20). The van der Waals surface area contributed by atoms with Crippen molar-refractivity contribution in [2.24, 2.45) is 7.05 Å². The maximum atomic E-state index is 6.25. The fourth-order valence-corrected chi connectivity index (χ4v) is 3.09. The first-order chi connectivity index (χ1) is 11.6. The van der Waals surface area contributed by atoms with Crippen LogP contribution in [0.3, 0.4) is 0 Å². The van der Waals surface area contributed by atoms with E-state index in [9.17, 15) is 0 Å². The molecule has 0 aliphatic rings. The zero-order valence-corrected chi connectivity index (χ0v) is 14.2. The number of nitrogens with zero attached hydrogens (tertiary/aromatic N) is 3. The summed E-state index contributed by atoms with van der Waals surface area (Å²) in [6.07, 6.45) is 3.69. The molecule has 0 aromatic carbocycles. The second kappa shape index (κ2) is 5.42. The first-order valence-electron chi connectivity index (χ1n) is 7.34. The van der Waals surface area contributed by atoms with Crippen molar-refractivity contribution in [2.45, 2.75) is 0 Å². The lowest BCUT2D eigenvalue weighted by molar-refractivity contribution is 0.344. The van der Waals surface area contributed by atoms with Crippen molar-refractivity contribution in [1.29, 1.82) is 0 Å². The molecule has 0 aliphatic heterocycles. The van der Waals surface area contributed by atoms with Crippen LogP contribution >= 0.6 is 11.6 Å². The van der Waals surface area contributed by atoms with Gasteiger partial charge in [0.15, 0.2) is 5.75 Å². The Kier molecular flexibility index (Phi) is 3.35. The summed E-state index contributed by atoms with van der Waals surface area (Å²) in [5, 5.41) is 1.54. The number of aromatic nitrogens is 4. The third-order valence-corrected chi connectivity index (χ3v) is 4.40. The maximum absolute atomic E-state index is 6.25. The molecule has 4 heterocycles. The summed E-state index contributed by atoms with van der Waals surface area (Å²) in [5.41, 5.74) is 4.35. The number of hydrogen-bond donors (Lipinski definition) is 1. The first-order valence-corrected chi connectivity index (χ1v) is 7.72. The summed E-state index contributed by atoms with van der Waals surface area (Å²) >= 11 is 6.25. The summed E-state index contributed by atoms with van der Waals surface area (Å²) in [4.78, 5) is 12.2. The van der Waals surface area contributed by atoms with Crippen molar-refractivity contribution in [1.82, 2.24) is 19.5 Å².